The van der Waals surface area contributed by atoms with Gasteiger partial charge in [0.05, 0.1) is 22.9 Å². The molecule has 4 nitrogen and oxygen atoms in total. The van der Waals surface area contributed by atoms with Crippen LogP contribution in [0.4, 0.5) is 5.69 Å². The Labute approximate surface area is 124 Å². The lowest BCUT2D eigenvalue weighted by Gasteiger charge is -2.12. The minimum absolute atomic E-state index is 0.0116. The van der Waals surface area contributed by atoms with E-state index in [9.17, 15) is 8.42 Å². The number of benzene rings is 2. The summed E-state index contributed by atoms with van der Waals surface area (Å²) in [5.41, 5.74) is 7.96. The predicted octanol–water partition coefficient (Wildman–Crippen LogP) is 2.53. The van der Waals surface area contributed by atoms with Crippen molar-refractivity contribution < 1.29 is 13.2 Å². The molecule has 2 N–H and O–H groups in total. The average molecular weight is 303 g/mol. The highest BCUT2D eigenvalue weighted by atomic mass is 32.2. The van der Waals surface area contributed by atoms with Crippen molar-refractivity contribution >= 4 is 15.5 Å². The normalized spacial score (nSPS) is 17.3. The Kier molecular flexibility index (Phi) is 3.37. The number of sulfone groups is 1. The highest BCUT2D eigenvalue weighted by Crippen LogP contribution is 2.36. The third-order valence-corrected chi connectivity index (χ3v) is 5.59. The van der Waals surface area contributed by atoms with Crippen LogP contribution >= 0.6 is 0 Å². The lowest BCUT2D eigenvalue weighted by atomic mass is 10.0. The van der Waals surface area contributed by atoms with Gasteiger partial charge in [-0.3, -0.25) is 0 Å². The molecule has 1 heterocycles. The van der Waals surface area contributed by atoms with E-state index in [-0.39, 0.29) is 16.6 Å². The van der Waals surface area contributed by atoms with Gasteiger partial charge in [0.25, 0.3) is 0 Å². The fourth-order valence-corrected chi connectivity index (χ4v) is 4.41. The van der Waals surface area contributed by atoms with Crippen LogP contribution < -0.4 is 10.5 Å². The quantitative estimate of drug-likeness (QED) is 0.885. The zero-order valence-electron chi connectivity index (χ0n) is 11.7. The van der Waals surface area contributed by atoms with Gasteiger partial charge < -0.3 is 10.5 Å². The Bertz CT molecular complexity index is 784. The molecule has 1 aliphatic heterocycles. The summed E-state index contributed by atoms with van der Waals surface area (Å²) in [7, 11) is -3.44. The van der Waals surface area contributed by atoms with Crippen molar-refractivity contribution in [3.63, 3.8) is 0 Å². The second-order valence-corrected chi connectivity index (χ2v) is 7.37. The monoisotopic (exact) mass is 303 g/mol. The summed E-state index contributed by atoms with van der Waals surface area (Å²) in [5.74, 6) is 0.638. The molecule has 5 heteroatoms. The number of aryl methyl sites for hydroxylation is 1. The lowest BCUT2D eigenvalue weighted by Crippen LogP contribution is -2.17. The molecule has 1 aliphatic rings. The number of anilines is 1. The molecule has 0 fully saturated rings. The Morgan fingerprint density at radius 2 is 2.00 bits per heavy atom. The SMILES string of the molecule is Cc1ccc(N)c(S(=O)(=O)CC2COc3ccccc32)c1. The summed E-state index contributed by atoms with van der Waals surface area (Å²) in [5, 5.41) is 0. The van der Waals surface area contributed by atoms with Crippen molar-refractivity contribution in [3.8, 4) is 5.75 Å². The second-order valence-electron chi connectivity index (χ2n) is 5.37. The first-order valence-corrected chi connectivity index (χ1v) is 8.43. The van der Waals surface area contributed by atoms with Gasteiger partial charge >= 0.3 is 0 Å². The van der Waals surface area contributed by atoms with Gasteiger partial charge in [-0.25, -0.2) is 8.42 Å². The Morgan fingerprint density at radius 1 is 1.24 bits per heavy atom. The first-order valence-electron chi connectivity index (χ1n) is 6.78. The van der Waals surface area contributed by atoms with E-state index in [1.54, 1.807) is 12.1 Å². The standard InChI is InChI=1S/C16H17NO3S/c1-11-6-7-14(17)16(8-11)21(18,19)10-12-9-20-15-5-3-2-4-13(12)15/h2-8,12H,9-10,17H2,1H3. The molecule has 1 unspecified atom stereocenters. The maximum Gasteiger partial charge on any atom is 0.181 e. The van der Waals surface area contributed by atoms with Crippen LogP contribution in [0.25, 0.3) is 0 Å². The topological polar surface area (TPSA) is 69.4 Å². The van der Waals surface area contributed by atoms with Gasteiger partial charge in [0, 0.05) is 11.5 Å². The third kappa shape index (κ3) is 2.61. The highest BCUT2D eigenvalue weighted by molar-refractivity contribution is 7.91. The molecule has 1 atom stereocenters. The van der Waals surface area contributed by atoms with Crippen molar-refractivity contribution in [1.29, 1.82) is 0 Å². The second kappa shape index (κ2) is 5.07. The van der Waals surface area contributed by atoms with Crippen molar-refractivity contribution in [1.82, 2.24) is 0 Å². The van der Waals surface area contributed by atoms with Gasteiger partial charge in [0.1, 0.15) is 5.75 Å². The summed E-state index contributed by atoms with van der Waals surface area (Å²) in [6.45, 7) is 2.25. The number of nitrogens with two attached hydrogens (primary N) is 1. The summed E-state index contributed by atoms with van der Waals surface area (Å²) in [6, 6.07) is 12.6. The number of rotatable bonds is 3. The molecule has 3 rings (SSSR count). The van der Waals surface area contributed by atoms with Crippen molar-refractivity contribution in [2.45, 2.75) is 17.7 Å². The fraction of sp³-hybridized carbons (Fsp3) is 0.250. The molecule has 2 aromatic rings. The molecule has 21 heavy (non-hydrogen) atoms. The number of para-hydroxylation sites is 1. The molecule has 0 aromatic heterocycles. The van der Waals surface area contributed by atoms with Crippen molar-refractivity contribution in [3.05, 3.63) is 53.6 Å². The van der Waals surface area contributed by atoms with Gasteiger partial charge in [-0.15, -0.1) is 0 Å². The molecule has 110 valence electrons. The summed E-state index contributed by atoms with van der Waals surface area (Å²) in [6.07, 6.45) is 0. The largest absolute Gasteiger partial charge is 0.493 e. The zero-order valence-corrected chi connectivity index (χ0v) is 12.6. The van der Waals surface area contributed by atoms with Crippen LogP contribution in [0.1, 0.15) is 17.0 Å². The van der Waals surface area contributed by atoms with Gasteiger partial charge in [-0.1, -0.05) is 24.3 Å². The molecule has 0 amide bonds. The molecule has 0 spiro atoms. The smallest absolute Gasteiger partial charge is 0.181 e. The molecule has 0 saturated carbocycles. The molecular weight excluding hydrogens is 286 g/mol. The average Bonchev–Trinajstić information content (AvgIpc) is 2.84. The fourth-order valence-electron chi connectivity index (χ4n) is 2.63. The van der Waals surface area contributed by atoms with Gasteiger partial charge in [0.2, 0.25) is 0 Å². The zero-order chi connectivity index (χ0) is 15.0. The maximum atomic E-state index is 12.6. The summed E-state index contributed by atoms with van der Waals surface area (Å²) in [4.78, 5) is 0.215. The molecule has 0 bridgehead atoms. The van der Waals surface area contributed by atoms with E-state index >= 15 is 0 Å². The third-order valence-electron chi connectivity index (χ3n) is 3.72. The Hall–Kier alpha value is -2.01. The molecule has 2 aromatic carbocycles. The number of ether oxygens (including phenoxy) is 1. The van der Waals surface area contributed by atoms with Crippen LogP contribution in [0.5, 0.6) is 5.75 Å². The Balaban J connectivity index is 1.93. The minimum Gasteiger partial charge on any atom is -0.493 e. The van der Waals surface area contributed by atoms with E-state index in [0.717, 1.165) is 16.9 Å². The van der Waals surface area contributed by atoms with E-state index in [1.165, 1.54) is 0 Å². The molecular formula is C16H17NO3S. The van der Waals surface area contributed by atoms with E-state index < -0.39 is 9.84 Å². The van der Waals surface area contributed by atoms with Gasteiger partial charge in [-0.2, -0.15) is 0 Å². The predicted molar refractivity (Wildman–Crippen MR) is 82.3 cm³/mol. The van der Waals surface area contributed by atoms with Crippen molar-refractivity contribution in [2.75, 3.05) is 18.1 Å². The van der Waals surface area contributed by atoms with Gasteiger partial charge in [-0.05, 0) is 30.7 Å². The van der Waals surface area contributed by atoms with Gasteiger partial charge in [0.15, 0.2) is 9.84 Å². The number of hydrogen-bond donors (Lipinski definition) is 1. The van der Waals surface area contributed by atoms with E-state index in [0.29, 0.717) is 12.3 Å². The molecule has 0 saturated heterocycles. The highest BCUT2D eigenvalue weighted by Gasteiger charge is 2.30. The van der Waals surface area contributed by atoms with Crippen molar-refractivity contribution in [2.24, 2.45) is 0 Å². The van der Waals surface area contributed by atoms with Crippen LogP contribution in [0, 0.1) is 6.92 Å². The van der Waals surface area contributed by atoms with Crippen LogP contribution in [-0.2, 0) is 9.84 Å². The van der Waals surface area contributed by atoms with Crippen LogP contribution in [0.3, 0.4) is 0 Å². The Morgan fingerprint density at radius 3 is 2.81 bits per heavy atom. The van der Waals surface area contributed by atoms with Crippen LogP contribution in [-0.4, -0.2) is 20.8 Å². The first kappa shape index (κ1) is 13.9. The first-order chi connectivity index (χ1) is 9.97. The minimum atomic E-state index is -3.44. The van der Waals surface area contributed by atoms with Crippen LogP contribution in [0.15, 0.2) is 47.4 Å². The van der Waals surface area contributed by atoms with Crippen LogP contribution in [0.2, 0.25) is 0 Å². The summed E-state index contributed by atoms with van der Waals surface area (Å²) >= 11 is 0. The van der Waals surface area contributed by atoms with E-state index in [4.69, 9.17) is 10.5 Å². The van der Waals surface area contributed by atoms with E-state index in [1.807, 2.05) is 37.3 Å². The number of nitrogen functional groups attached to an aromatic ring is 1. The number of hydrogen-bond acceptors (Lipinski definition) is 4. The van der Waals surface area contributed by atoms with E-state index in [2.05, 4.69) is 0 Å². The lowest BCUT2D eigenvalue weighted by molar-refractivity contribution is 0.337. The molecule has 0 radical (unpaired) electrons. The number of fused-ring (bicyclic) bond motifs is 1. The molecule has 0 aliphatic carbocycles. The summed E-state index contributed by atoms with van der Waals surface area (Å²) < 4.78 is 30.8. The maximum absolute atomic E-state index is 12.6.